The number of pyridine rings is 1. The maximum atomic E-state index is 13.0. The van der Waals surface area contributed by atoms with E-state index in [1.165, 1.54) is 12.1 Å². The molecule has 2 aromatic heterocycles. The van der Waals surface area contributed by atoms with Crippen LogP contribution in [-0.4, -0.2) is 60.5 Å². The SMILES string of the molecule is O=C(NC1CCN(Cc2ccccn2)CC1)c1cc2ccc(OC3CCN(c4ccc(OC(F)(F)F)cc4)CC3)cc2o1. The van der Waals surface area contributed by atoms with E-state index in [4.69, 9.17) is 9.15 Å². The number of halogens is 3. The van der Waals surface area contributed by atoms with Crippen molar-refractivity contribution in [2.45, 2.75) is 50.7 Å². The third-order valence-electron chi connectivity index (χ3n) is 7.93. The summed E-state index contributed by atoms with van der Waals surface area (Å²) in [4.78, 5) is 21.8. The largest absolute Gasteiger partial charge is 0.573 e. The minimum atomic E-state index is -4.71. The molecule has 0 aliphatic carbocycles. The second-order valence-corrected chi connectivity index (χ2v) is 11.0. The van der Waals surface area contributed by atoms with Crippen molar-refractivity contribution in [3.8, 4) is 11.5 Å². The summed E-state index contributed by atoms with van der Waals surface area (Å²) in [6, 6.07) is 19.3. The lowest BCUT2D eigenvalue weighted by Crippen LogP contribution is -2.44. The van der Waals surface area contributed by atoms with Gasteiger partial charge in [-0.05, 0) is 67.4 Å². The third-order valence-corrected chi connectivity index (χ3v) is 7.93. The standard InChI is InChI=1S/C32H33F3N4O4/c33-32(34,35)43-27-8-5-25(6-9-27)39-17-12-26(13-18-39)41-28-7-4-22-19-30(42-29(22)20-28)31(40)37-23-10-15-38(16-11-23)21-24-3-1-2-14-36-24/h1-9,14,19-20,23,26H,10-13,15-18,21H2,(H,37,40). The minimum Gasteiger partial charge on any atom is -0.490 e. The Kier molecular flexibility index (Phi) is 8.42. The molecule has 0 saturated carbocycles. The Morgan fingerprint density at radius 2 is 1.67 bits per heavy atom. The van der Waals surface area contributed by atoms with Crippen molar-refractivity contribution in [2.24, 2.45) is 0 Å². The van der Waals surface area contributed by atoms with Crippen LogP contribution in [0, 0.1) is 0 Å². The first-order valence-corrected chi connectivity index (χ1v) is 14.5. The molecule has 2 saturated heterocycles. The molecule has 2 aromatic carbocycles. The van der Waals surface area contributed by atoms with E-state index in [1.807, 2.05) is 42.6 Å². The number of furan rings is 1. The van der Waals surface area contributed by atoms with Crippen molar-refractivity contribution in [3.63, 3.8) is 0 Å². The summed E-state index contributed by atoms with van der Waals surface area (Å²) in [6.45, 7) is 4.01. The number of benzene rings is 2. The molecule has 2 fully saturated rings. The van der Waals surface area contributed by atoms with Crippen LogP contribution in [0.15, 0.2) is 77.3 Å². The van der Waals surface area contributed by atoms with Crippen LogP contribution in [0.4, 0.5) is 18.9 Å². The summed E-state index contributed by atoms with van der Waals surface area (Å²) in [5.41, 5.74) is 2.48. The lowest BCUT2D eigenvalue weighted by molar-refractivity contribution is -0.274. The lowest BCUT2D eigenvalue weighted by Gasteiger charge is -2.33. The number of nitrogens with one attached hydrogen (secondary N) is 1. The number of aromatic nitrogens is 1. The molecule has 43 heavy (non-hydrogen) atoms. The average molecular weight is 595 g/mol. The molecule has 2 aliphatic heterocycles. The van der Waals surface area contributed by atoms with Crippen molar-refractivity contribution in [1.29, 1.82) is 0 Å². The number of piperidine rings is 2. The van der Waals surface area contributed by atoms with Crippen LogP contribution in [0.25, 0.3) is 11.0 Å². The van der Waals surface area contributed by atoms with Gasteiger partial charge < -0.3 is 24.1 Å². The van der Waals surface area contributed by atoms with E-state index >= 15 is 0 Å². The number of hydrogen-bond donors (Lipinski definition) is 1. The zero-order chi connectivity index (χ0) is 29.8. The van der Waals surface area contributed by atoms with Gasteiger partial charge in [0.25, 0.3) is 5.91 Å². The maximum Gasteiger partial charge on any atom is 0.573 e. The molecular weight excluding hydrogens is 561 g/mol. The zero-order valence-electron chi connectivity index (χ0n) is 23.6. The number of fused-ring (bicyclic) bond motifs is 1. The minimum absolute atomic E-state index is 0.0113. The molecular formula is C32H33F3N4O4. The van der Waals surface area contributed by atoms with Crippen molar-refractivity contribution >= 4 is 22.6 Å². The van der Waals surface area contributed by atoms with Crippen LogP contribution in [0.5, 0.6) is 11.5 Å². The first-order valence-electron chi connectivity index (χ1n) is 14.5. The Bertz CT molecular complexity index is 1510. The monoisotopic (exact) mass is 594 g/mol. The smallest absolute Gasteiger partial charge is 0.490 e. The fourth-order valence-corrected chi connectivity index (χ4v) is 5.69. The van der Waals surface area contributed by atoms with Gasteiger partial charge in [-0.2, -0.15) is 0 Å². The van der Waals surface area contributed by atoms with Gasteiger partial charge >= 0.3 is 6.36 Å². The van der Waals surface area contributed by atoms with E-state index in [0.29, 0.717) is 24.4 Å². The molecule has 8 nitrogen and oxygen atoms in total. The van der Waals surface area contributed by atoms with E-state index < -0.39 is 6.36 Å². The number of nitrogens with zero attached hydrogens (tertiary/aromatic N) is 3. The van der Waals surface area contributed by atoms with Crippen molar-refractivity contribution < 1.29 is 31.9 Å². The predicted molar refractivity (Wildman–Crippen MR) is 155 cm³/mol. The topological polar surface area (TPSA) is 80.1 Å². The Labute approximate surface area is 247 Å². The summed E-state index contributed by atoms with van der Waals surface area (Å²) in [5, 5.41) is 3.95. The number of carbonyl (C=O) groups is 1. The number of rotatable bonds is 8. The van der Waals surface area contributed by atoms with Crippen molar-refractivity contribution in [1.82, 2.24) is 15.2 Å². The van der Waals surface area contributed by atoms with Gasteiger partial charge in [0.2, 0.25) is 0 Å². The molecule has 4 aromatic rings. The van der Waals surface area contributed by atoms with E-state index in [9.17, 15) is 18.0 Å². The Morgan fingerprint density at radius 1 is 0.930 bits per heavy atom. The van der Waals surface area contributed by atoms with E-state index in [0.717, 1.165) is 62.1 Å². The summed E-state index contributed by atoms with van der Waals surface area (Å²) in [7, 11) is 0. The third kappa shape index (κ3) is 7.59. The van der Waals surface area contributed by atoms with E-state index in [2.05, 4.69) is 24.8 Å². The van der Waals surface area contributed by atoms with Crippen LogP contribution in [0.1, 0.15) is 41.9 Å². The fraction of sp³-hybridized carbons (Fsp3) is 0.375. The molecule has 0 spiro atoms. The van der Waals surface area contributed by atoms with Crippen LogP contribution >= 0.6 is 0 Å². The van der Waals surface area contributed by atoms with Crippen molar-refractivity contribution in [2.75, 3.05) is 31.1 Å². The normalized spacial score (nSPS) is 17.2. The number of alkyl halides is 3. The van der Waals surface area contributed by atoms with Crippen LogP contribution < -0.4 is 19.7 Å². The molecule has 1 N–H and O–H groups in total. The molecule has 0 radical (unpaired) electrons. The highest BCUT2D eigenvalue weighted by molar-refractivity contribution is 5.96. The number of likely N-dealkylation sites (tertiary alicyclic amines) is 1. The van der Waals surface area contributed by atoms with Gasteiger partial charge in [0.15, 0.2) is 5.76 Å². The first-order chi connectivity index (χ1) is 20.8. The second-order valence-electron chi connectivity index (χ2n) is 11.0. The number of anilines is 1. The second kappa shape index (κ2) is 12.5. The lowest BCUT2D eigenvalue weighted by atomic mass is 10.0. The number of ether oxygens (including phenoxy) is 2. The summed E-state index contributed by atoms with van der Waals surface area (Å²) < 4.78 is 53.4. The van der Waals surface area contributed by atoms with Gasteiger partial charge in [-0.15, -0.1) is 13.2 Å². The molecule has 6 rings (SSSR count). The number of hydrogen-bond acceptors (Lipinski definition) is 7. The summed E-state index contributed by atoms with van der Waals surface area (Å²) in [5.74, 6) is 0.498. The molecule has 1 amide bonds. The molecule has 4 heterocycles. The van der Waals surface area contributed by atoms with Gasteiger partial charge in [0.1, 0.15) is 23.2 Å². The number of carbonyl (C=O) groups excluding carboxylic acids is 1. The van der Waals surface area contributed by atoms with Crippen LogP contribution in [0.3, 0.4) is 0 Å². The van der Waals surface area contributed by atoms with Crippen molar-refractivity contribution in [3.05, 3.63) is 84.4 Å². The molecule has 0 unspecified atom stereocenters. The van der Waals surface area contributed by atoms with Gasteiger partial charge in [0.05, 0.1) is 5.69 Å². The predicted octanol–water partition coefficient (Wildman–Crippen LogP) is 6.17. The molecule has 2 aliphatic rings. The first kappa shape index (κ1) is 28.9. The van der Waals surface area contributed by atoms with Gasteiger partial charge in [-0.3, -0.25) is 14.7 Å². The fourth-order valence-electron chi connectivity index (χ4n) is 5.69. The Morgan fingerprint density at radius 3 is 2.37 bits per heavy atom. The van der Waals surface area contributed by atoms with E-state index in [-0.39, 0.29) is 29.6 Å². The summed E-state index contributed by atoms with van der Waals surface area (Å²) in [6.07, 6.45) is 0.339. The highest BCUT2D eigenvalue weighted by Gasteiger charge is 2.31. The maximum absolute atomic E-state index is 13.0. The highest BCUT2D eigenvalue weighted by Crippen LogP contribution is 2.30. The molecule has 0 bridgehead atoms. The Balaban J connectivity index is 0.978. The van der Waals surface area contributed by atoms with Gasteiger partial charge in [0, 0.05) is 74.9 Å². The summed E-state index contributed by atoms with van der Waals surface area (Å²) >= 11 is 0. The average Bonchev–Trinajstić information content (AvgIpc) is 3.43. The quantitative estimate of drug-likeness (QED) is 0.261. The molecule has 226 valence electrons. The highest BCUT2D eigenvalue weighted by atomic mass is 19.4. The van der Waals surface area contributed by atoms with Crippen LogP contribution in [-0.2, 0) is 6.54 Å². The van der Waals surface area contributed by atoms with E-state index in [1.54, 1.807) is 18.2 Å². The Hall–Kier alpha value is -4.25. The van der Waals surface area contributed by atoms with Gasteiger partial charge in [-0.1, -0.05) is 6.07 Å². The van der Waals surface area contributed by atoms with Gasteiger partial charge in [-0.25, -0.2) is 0 Å². The van der Waals surface area contributed by atoms with Crippen LogP contribution in [0.2, 0.25) is 0 Å². The zero-order valence-corrected chi connectivity index (χ0v) is 23.6. The molecule has 0 atom stereocenters. The molecule has 11 heteroatoms. The number of amides is 1.